The van der Waals surface area contributed by atoms with Crippen LogP contribution in [0.3, 0.4) is 0 Å². The van der Waals surface area contributed by atoms with Gasteiger partial charge >= 0.3 is 0 Å². The maximum absolute atomic E-state index is 5.43. The van der Waals surface area contributed by atoms with E-state index in [1.54, 1.807) is 18.4 Å². The van der Waals surface area contributed by atoms with Crippen LogP contribution in [0, 0.1) is 0 Å². The average Bonchev–Trinajstić information content (AvgIpc) is 2.88. The molecular weight excluding hydrogens is 252 g/mol. The number of thiazole rings is 1. The van der Waals surface area contributed by atoms with Gasteiger partial charge in [-0.1, -0.05) is 0 Å². The molecule has 0 aromatic carbocycles. The number of nitrogens with zero attached hydrogens (tertiary/aromatic N) is 1. The highest BCUT2D eigenvalue weighted by molar-refractivity contribution is 7.09. The van der Waals surface area contributed by atoms with E-state index in [-0.39, 0.29) is 6.04 Å². The monoisotopic (exact) mass is 272 g/mol. The minimum Gasteiger partial charge on any atom is -0.382 e. The lowest BCUT2D eigenvalue weighted by Crippen LogP contribution is -2.34. The molecule has 2 heterocycles. The van der Waals surface area contributed by atoms with Crippen LogP contribution in [0.2, 0.25) is 0 Å². The summed E-state index contributed by atoms with van der Waals surface area (Å²) in [6, 6.07) is 0.248. The van der Waals surface area contributed by atoms with Crippen LogP contribution in [0.1, 0.15) is 16.7 Å². The first-order chi connectivity index (χ1) is 8.90. The van der Waals surface area contributed by atoms with E-state index < -0.39 is 0 Å². The van der Waals surface area contributed by atoms with Crippen molar-refractivity contribution in [2.75, 3.05) is 46.7 Å². The Labute approximate surface area is 111 Å². The van der Waals surface area contributed by atoms with Crippen LogP contribution in [0.15, 0.2) is 5.38 Å². The molecule has 102 valence electrons. The number of aromatic nitrogens is 1. The lowest BCUT2D eigenvalue weighted by molar-refractivity contribution is 0.0718. The second-order valence-electron chi connectivity index (χ2n) is 4.10. The Kier molecular flexibility index (Phi) is 6.02. The third kappa shape index (κ3) is 4.29. The number of nitrogens with one attached hydrogen (secondary N) is 1. The maximum Gasteiger partial charge on any atom is 0.0951 e. The SMILES string of the molecule is COCCOCCc1nc(C2COCCN2)cs1. The van der Waals surface area contributed by atoms with Crippen LogP contribution in [-0.2, 0) is 20.6 Å². The summed E-state index contributed by atoms with van der Waals surface area (Å²) in [5.41, 5.74) is 1.09. The number of hydrogen-bond acceptors (Lipinski definition) is 6. The summed E-state index contributed by atoms with van der Waals surface area (Å²) in [4.78, 5) is 4.62. The molecule has 0 bridgehead atoms. The molecule has 1 aromatic heterocycles. The van der Waals surface area contributed by atoms with Crippen molar-refractivity contribution in [1.29, 1.82) is 0 Å². The number of methoxy groups -OCH3 is 1. The molecule has 0 radical (unpaired) electrons. The van der Waals surface area contributed by atoms with Crippen LogP contribution in [0.5, 0.6) is 0 Å². The molecule has 18 heavy (non-hydrogen) atoms. The van der Waals surface area contributed by atoms with E-state index in [1.165, 1.54) is 0 Å². The highest BCUT2D eigenvalue weighted by atomic mass is 32.1. The van der Waals surface area contributed by atoms with Crippen molar-refractivity contribution >= 4 is 11.3 Å². The van der Waals surface area contributed by atoms with E-state index >= 15 is 0 Å². The standard InChI is InChI=1S/C12H20N2O3S/c1-15-6-7-16-4-2-12-14-11(9-18-12)10-8-17-5-3-13-10/h9-10,13H,2-8H2,1H3. The molecule has 1 saturated heterocycles. The van der Waals surface area contributed by atoms with E-state index in [0.717, 1.165) is 30.3 Å². The van der Waals surface area contributed by atoms with Gasteiger partial charge in [-0.3, -0.25) is 0 Å². The lowest BCUT2D eigenvalue weighted by atomic mass is 10.2. The molecule has 0 spiro atoms. The van der Waals surface area contributed by atoms with E-state index in [4.69, 9.17) is 14.2 Å². The Bertz CT molecular complexity index is 340. The predicted octanol–water partition coefficient (Wildman–Crippen LogP) is 1.01. The highest BCUT2D eigenvalue weighted by Crippen LogP contribution is 2.19. The summed E-state index contributed by atoms with van der Waals surface area (Å²) in [5, 5.41) is 6.63. The number of ether oxygens (including phenoxy) is 3. The molecule has 0 amide bonds. The molecule has 1 N–H and O–H groups in total. The molecule has 2 rings (SSSR count). The summed E-state index contributed by atoms with van der Waals surface area (Å²) in [7, 11) is 1.68. The van der Waals surface area contributed by atoms with Gasteiger partial charge in [-0.15, -0.1) is 11.3 Å². The van der Waals surface area contributed by atoms with Gasteiger partial charge in [0, 0.05) is 25.5 Å². The third-order valence-corrected chi connectivity index (χ3v) is 3.67. The van der Waals surface area contributed by atoms with Crippen LogP contribution in [-0.4, -0.2) is 51.7 Å². The minimum atomic E-state index is 0.248. The third-order valence-electron chi connectivity index (χ3n) is 2.74. The Morgan fingerprint density at radius 2 is 2.44 bits per heavy atom. The van der Waals surface area contributed by atoms with Gasteiger partial charge in [0.1, 0.15) is 0 Å². The largest absolute Gasteiger partial charge is 0.382 e. The van der Waals surface area contributed by atoms with Gasteiger partial charge in [0.25, 0.3) is 0 Å². The van der Waals surface area contributed by atoms with Crippen LogP contribution < -0.4 is 5.32 Å². The van der Waals surface area contributed by atoms with Crippen LogP contribution in [0.25, 0.3) is 0 Å². The van der Waals surface area contributed by atoms with Gasteiger partial charge in [0.2, 0.25) is 0 Å². The van der Waals surface area contributed by atoms with E-state index in [0.29, 0.717) is 26.4 Å². The lowest BCUT2D eigenvalue weighted by Gasteiger charge is -2.22. The maximum atomic E-state index is 5.43. The molecule has 1 aliphatic heterocycles. The molecule has 1 aromatic rings. The first-order valence-electron chi connectivity index (χ1n) is 6.22. The second kappa shape index (κ2) is 7.81. The van der Waals surface area contributed by atoms with Crippen LogP contribution >= 0.6 is 11.3 Å². The fourth-order valence-corrected chi connectivity index (χ4v) is 2.59. The van der Waals surface area contributed by atoms with Crippen molar-refractivity contribution in [3.8, 4) is 0 Å². The summed E-state index contributed by atoms with van der Waals surface area (Å²) < 4.78 is 15.8. The van der Waals surface area contributed by atoms with Crippen molar-refractivity contribution in [2.24, 2.45) is 0 Å². The first-order valence-corrected chi connectivity index (χ1v) is 7.10. The van der Waals surface area contributed by atoms with Crippen molar-refractivity contribution in [2.45, 2.75) is 12.5 Å². The van der Waals surface area contributed by atoms with Crippen molar-refractivity contribution < 1.29 is 14.2 Å². The number of hydrogen-bond donors (Lipinski definition) is 1. The van der Waals surface area contributed by atoms with Gasteiger partial charge in [-0.2, -0.15) is 0 Å². The molecule has 1 atom stereocenters. The van der Waals surface area contributed by atoms with Gasteiger partial charge in [0.15, 0.2) is 0 Å². The number of rotatable bonds is 7. The molecule has 5 nitrogen and oxygen atoms in total. The molecule has 0 aliphatic carbocycles. The zero-order valence-corrected chi connectivity index (χ0v) is 11.5. The minimum absolute atomic E-state index is 0.248. The smallest absolute Gasteiger partial charge is 0.0951 e. The van der Waals surface area contributed by atoms with Gasteiger partial charge in [0.05, 0.1) is 49.8 Å². The van der Waals surface area contributed by atoms with E-state index in [1.807, 2.05) is 0 Å². The van der Waals surface area contributed by atoms with Gasteiger partial charge in [-0.25, -0.2) is 4.98 Å². The predicted molar refractivity (Wildman–Crippen MR) is 70.1 cm³/mol. The Hall–Kier alpha value is -0.530. The summed E-state index contributed by atoms with van der Waals surface area (Å²) in [6.07, 6.45) is 0.863. The van der Waals surface area contributed by atoms with Crippen molar-refractivity contribution in [3.05, 3.63) is 16.1 Å². The van der Waals surface area contributed by atoms with E-state index in [9.17, 15) is 0 Å². The molecule has 6 heteroatoms. The second-order valence-corrected chi connectivity index (χ2v) is 5.05. The first kappa shape index (κ1) is 13.9. The average molecular weight is 272 g/mol. The molecule has 1 aliphatic rings. The topological polar surface area (TPSA) is 52.6 Å². The van der Waals surface area contributed by atoms with Gasteiger partial charge in [-0.05, 0) is 0 Å². The molecule has 0 saturated carbocycles. The zero-order valence-electron chi connectivity index (χ0n) is 10.7. The molecular formula is C12H20N2O3S. The Morgan fingerprint density at radius 3 is 3.22 bits per heavy atom. The Morgan fingerprint density at radius 1 is 1.50 bits per heavy atom. The quantitative estimate of drug-likeness (QED) is 0.751. The Balaban J connectivity index is 1.72. The number of morpholine rings is 1. The zero-order chi connectivity index (χ0) is 12.6. The summed E-state index contributed by atoms with van der Waals surface area (Å²) in [6.45, 7) is 4.40. The molecule has 1 fully saturated rings. The fourth-order valence-electron chi connectivity index (χ4n) is 1.76. The summed E-state index contributed by atoms with van der Waals surface area (Å²) >= 11 is 1.69. The highest BCUT2D eigenvalue weighted by Gasteiger charge is 2.17. The van der Waals surface area contributed by atoms with Crippen LogP contribution in [0.4, 0.5) is 0 Å². The van der Waals surface area contributed by atoms with E-state index in [2.05, 4.69) is 15.7 Å². The molecule has 1 unspecified atom stereocenters. The summed E-state index contributed by atoms with van der Waals surface area (Å²) in [5.74, 6) is 0. The van der Waals surface area contributed by atoms with Crippen molar-refractivity contribution in [1.82, 2.24) is 10.3 Å². The van der Waals surface area contributed by atoms with Gasteiger partial charge < -0.3 is 19.5 Å². The normalized spacial score (nSPS) is 20.2. The fraction of sp³-hybridized carbons (Fsp3) is 0.750. The van der Waals surface area contributed by atoms with Crippen molar-refractivity contribution in [3.63, 3.8) is 0 Å².